The molecule has 2 aliphatic heterocycles. The van der Waals surface area contributed by atoms with Gasteiger partial charge in [0.2, 0.25) is 0 Å². The molecule has 2 heterocycles. The average Bonchev–Trinajstić information content (AvgIpc) is 3.31. The molecule has 9 nitrogen and oxygen atoms in total. The number of piperazine rings is 1. The van der Waals surface area contributed by atoms with Crippen LogP contribution in [0.5, 0.6) is 5.75 Å². The van der Waals surface area contributed by atoms with Crippen molar-refractivity contribution in [2.24, 2.45) is 0 Å². The van der Waals surface area contributed by atoms with Crippen LogP contribution in [0.25, 0.3) is 0 Å². The third kappa shape index (κ3) is 6.52. The number of carbonyl (C=O) groups excluding carboxylic acids is 3. The van der Waals surface area contributed by atoms with Gasteiger partial charge in [-0.05, 0) is 67.6 Å². The molecule has 3 aromatic carbocycles. The number of rotatable bonds is 6. The lowest BCUT2D eigenvalue weighted by Gasteiger charge is -2.37. The van der Waals surface area contributed by atoms with E-state index in [0.717, 1.165) is 25.1 Å². The number of ether oxygens (including phenoxy) is 1. The lowest BCUT2D eigenvalue weighted by atomic mass is 10.1. The summed E-state index contributed by atoms with van der Waals surface area (Å²) in [5.41, 5.74) is 1.93. The van der Waals surface area contributed by atoms with Gasteiger partial charge in [0.05, 0.1) is 18.5 Å². The van der Waals surface area contributed by atoms with Crippen molar-refractivity contribution in [2.75, 3.05) is 69.7 Å². The molecular formula is C31H33F2N5O4. The van der Waals surface area contributed by atoms with Crippen LogP contribution in [0.15, 0.2) is 60.7 Å². The van der Waals surface area contributed by atoms with Gasteiger partial charge in [-0.3, -0.25) is 14.4 Å². The number of hydrogen-bond acceptors (Lipinski definition) is 6. The first-order chi connectivity index (χ1) is 20.3. The molecule has 0 aliphatic carbocycles. The molecule has 3 amide bonds. The zero-order chi connectivity index (χ0) is 29.6. The summed E-state index contributed by atoms with van der Waals surface area (Å²) < 4.78 is 32.6. The molecule has 11 heteroatoms. The third-order valence-electron chi connectivity index (χ3n) is 7.53. The Hall–Kier alpha value is -4.51. The van der Waals surface area contributed by atoms with Crippen LogP contribution in [0.4, 0.5) is 20.2 Å². The number of amides is 3. The Morgan fingerprint density at radius 2 is 1.48 bits per heavy atom. The van der Waals surface area contributed by atoms with Crippen LogP contribution in [0.1, 0.15) is 37.5 Å². The summed E-state index contributed by atoms with van der Waals surface area (Å²) in [5.74, 6) is -2.46. The largest absolute Gasteiger partial charge is 0.497 e. The maximum absolute atomic E-state index is 13.9. The van der Waals surface area contributed by atoms with Crippen molar-refractivity contribution in [3.8, 4) is 5.75 Å². The Morgan fingerprint density at radius 1 is 0.762 bits per heavy atom. The summed E-state index contributed by atoms with van der Waals surface area (Å²) in [6.45, 7) is 4.56. The normalized spacial score (nSPS) is 15.6. The number of nitrogens with zero attached hydrogens (tertiary/aromatic N) is 3. The fraction of sp³-hybridized carbons (Fsp3) is 0.323. The summed E-state index contributed by atoms with van der Waals surface area (Å²) in [7, 11) is 1.55. The van der Waals surface area contributed by atoms with Crippen molar-refractivity contribution in [3.63, 3.8) is 0 Å². The molecule has 2 aliphatic rings. The Balaban J connectivity index is 1.37. The van der Waals surface area contributed by atoms with Gasteiger partial charge in [0.1, 0.15) is 5.75 Å². The van der Waals surface area contributed by atoms with Crippen LogP contribution < -0.4 is 20.3 Å². The van der Waals surface area contributed by atoms with E-state index in [1.54, 1.807) is 59.4 Å². The topological polar surface area (TPSA) is 94.2 Å². The molecule has 2 fully saturated rings. The van der Waals surface area contributed by atoms with Gasteiger partial charge in [0.15, 0.2) is 11.6 Å². The van der Waals surface area contributed by atoms with Crippen LogP contribution in [0.3, 0.4) is 0 Å². The molecule has 42 heavy (non-hydrogen) atoms. The standard InChI is InChI=1S/C31H33F2N5O4/c1-42-24-5-2-4-22(18-24)30(40)38-16-14-36(15-17-38)28-9-7-23(31(41)37-12-3-10-34-11-13-37)20-27(28)35-29(39)21-6-8-25(32)26(33)19-21/h2,4-9,18-20,34H,3,10-17H2,1H3,(H,35,39). The van der Waals surface area contributed by atoms with Gasteiger partial charge in [-0.15, -0.1) is 0 Å². The summed E-state index contributed by atoms with van der Waals surface area (Å²) >= 11 is 0. The third-order valence-corrected chi connectivity index (χ3v) is 7.53. The number of anilines is 2. The number of methoxy groups -OCH3 is 1. The van der Waals surface area contributed by atoms with Gasteiger partial charge in [0, 0.05) is 62.5 Å². The summed E-state index contributed by atoms with van der Waals surface area (Å²) in [6.07, 6.45) is 0.836. The number of nitrogens with one attached hydrogen (secondary N) is 2. The van der Waals surface area contributed by atoms with Crippen molar-refractivity contribution >= 4 is 29.1 Å². The molecule has 0 radical (unpaired) electrons. The molecule has 220 valence electrons. The first-order valence-electron chi connectivity index (χ1n) is 13.9. The fourth-order valence-electron chi connectivity index (χ4n) is 5.20. The predicted octanol–water partition coefficient (Wildman–Crippen LogP) is 3.62. The van der Waals surface area contributed by atoms with Crippen molar-refractivity contribution < 1.29 is 27.9 Å². The number of halogens is 2. The first kappa shape index (κ1) is 29.0. The summed E-state index contributed by atoms with van der Waals surface area (Å²) in [5, 5.41) is 6.08. The van der Waals surface area contributed by atoms with Crippen molar-refractivity contribution in [3.05, 3.63) is 89.0 Å². The Kier molecular flexibility index (Phi) is 8.97. The van der Waals surface area contributed by atoms with E-state index < -0.39 is 17.5 Å². The van der Waals surface area contributed by atoms with Gasteiger partial charge in [-0.25, -0.2) is 8.78 Å². The van der Waals surface area contributed by atoms with Gasteiger partial charge >= 0.3 is 0 Å². The van der Waals surface area contributed by atoms with E-state index in [2.05, 4.69) is 10.6 Å². The predicted molar refractivity (Wildman–Crippen MR) is 155 cm³/mol. The molecule has 0 saturated carbocycles. The molecule has 2 saturated heterocycles. The monoisotopic (exact) mass is 577 g/mol. The summed E-state index contributed by atoms with van der Waals surface area (Å²) in [4.78, 5) is 45.1. The zero-order valence-electron chi connectivity index (χ0n) is 23.4. The van der Waals surface area contributed by atoms with Crippen molar-refractivity contribution in [2.45, 2.75) is 6.42 Å². The van der Waals surface area contributed by atoms with Crippen molar-refractivity contribution in [1.29, 1.82) is 0 Å². The van der Waals surface area contributed by atoms with Crippen LogP contribution in [-0.2, 0) is 0 Å². The van der Waals surface area contributed by atoms with Crippen molar-refractivity contribution in [1.82, 2.24) is 15.1 Å². The highest BCUT2D eigenvalue weighted by Crippen LogP contribution is 2.30. The molecule has 0 bridgehead atoms. The van der Waals surface area contributed by atoms with E-state index >= 15 is 0 Å². The number of carbonyl (C=O) groups is 3. The second-order valence-corrected chi connectivity index (χ2v) is 10.2. The average molecular weight is 578 g/mol. The molecule has 0 unspecified atom stereocenters. The highest BCUT2D eigenvalue weighted by atomic mass is 19.2. The highest BCUT2D eigenvalue weighted by Gasteiger charge is 2.26. The van der Waals surface area contributed by atoms with Gasteiger partial charge < -0.3 is 30.1 Å². The molecule has 5 rings (SSSR count). The van der Waals surface area contributed by atoms with Crippen LogP contribution in [0.2, 0.25) is 0 Å². The minimum atomic E-state index is -1.13. The molecule has 2 N–H and O–H groups in total. The van der Waals surface area contributed by atoms with Gasteiger partial charge in [0.25, 0.3) is 17.7 Å². The second kappa shape index (κ2) is 13.0. The van der Waals surface area contributed by atoms with E-state index in [9.17, 15) is 23.2 Å². The molecule has 3 aromatic rings. The lowest BCUT2D eigenvalue weighted by molar-refractivity contribution is 0.0743. The zero-order valence-corrected chi connectivity index (χ0v) is 23.4. The number of benzene rings is 3. The lowest BCUT2D eigenvalue weighted by Crippen LogP contribution is -2.49. The van der Waals surface area contributed by atoms with E-state index in [-0.39, 0.29) is 17.4 Å². The van der Waals surface area contributed by atoms with Crippen LogP contribution in [0, 0.1) is 11.6 Å². The fourth-order valence-corrected chi connectivity index (χ4v) is 5.20. The maximum atomic E-state index is 13.9. The Labute approximate surface area is 243 Å². The van der Waals surface area contributed by atoms with E-state index in [0.29, 0.717) is 74.1 Å². The molecule has 0 aromatic heterocycles. The van der Waals surface area contributed by atoms with E-state index in [4.69, 9.17) is 4.74 Å². The maximum Gasteiger partial charge on any atom is 0.255 e. The van der Waals surface area contributed by atoms with Crippen LogP contribution >= 0.6 is 0 Å². The van der Waals surface area contributed by atoms with Gasteiger partial charge in [-0.1, -0.05) is 6.07 Å². The molecule has 0 atom stereocenters. The smallest absolute Gasteiger partial charge is 0.255 e. The second-order valence-electron chi connectivity index (χ2n) is 10.2. The van der Waals surface area contributed by atoms with Gasteiger partial charge in [-0.2, -0.15) is 0 Å². The molecule has 0 spiro atoms. The summed E-state index contributed by atoms with van der Waals surface area (Å²) in [6, 6.07) is 15.1. The minimum Gasteiger partial charge on any atom is -0.497 e. The first-order valence-corrected chi connectivity index (χ1v) is 13.9. The molecular weight excluding hydrogens is 544 g/mol. The van der Waals surface area contributed by atoms with E-state index in [1.807, 2.05) is 4.90 Å². The Bertz CT molecular complexity index is 1470. The van der Waals surface area contributed by atoms with Crippen LogP contribution in [-0.4, -0.2) is 87.0 Å². The highest BCUT2D eigenvalue weighted by molar-refractivity contribution is 6.07. The van der Waals surface area contributed by atoms with E-state index in [1.165, 1.54) is 6.07 Å². The minimum absolute atomic E-state index is 0.0520. The Morgan fingerprint density at radius 3 is 2.21 bits per heavy atom. The SMILES string of the molecule is COc1cccc(C(=O)N2CCN(c3ccc(C(=O)N4CCCNCC4)cc3NC(=O)c3ccc(F)c(F)c3)CC2)c1. The number of hydrogen-bond donors (Lipinski definition) is 2. The quantitative estimate of drug-likeness (QED) is 0.465.